The van der Waals surface area contributed by atoms with Gasteiger partial charge in [-0.15, -0.1) is 0 Å². The van der Waals surface area contributed by atoms with Gasteiger partial charge in [-0.05, 0) is 58.7 Å². The molecule has 2 atom stereocenters. The summed E-state index contributed by atoms with van der Waals surface area (Å²) in [5.74, 6) is -0.226. The van der Waals surface area contributed by atoms with Crippen molar-refractivity contribution in [2.75, 3.05) is 13.2 Å². The summed E-state index contributed by atoms with van der Waals surface area (Å²) in [7, 11) is -1.94. The van der Waals surface area contributed by atoms with Crippen LogP contribution in [0.3, 0.4) is 0 Å². The lowest BCUT2D eigenvalue weighted by atomic mass is 10.1. The van der Waals surface area contributed by atoms with Crippen LogP contribution >= 0.6 is 0 Å². The molecule has 0 saturated carbocycles. The number of rotatable bonds is 6. The summed E-state index contributed by atoms with van der Waals surface area (Å²) in [6.07, 6.45) is 1.23. The summed E-state index contributed by atoms with van der Waals surface area (Å²) < 4.78 is 17.1. The number of carbonyl (C=O) groups excluding carboxylic acids is 2. The van der Waals surface area contributed by atoms with Crippen molar-refractivity contribution >= 4 is 20.4 Å². The molecular formula is C20H39NO5Si. The van der Waals surface area contributed by atoms with Gasteiger partial charge in [0.15, 0.2) is 8.32 Å². The maximum absolute atomic E-state index is 12.7. The van der Waals surface area contributed by atoms with E-state index in [-0.39, 0.29) is 29.2 Å². The Labute approximate surface area is 166 Å². The van der Waals surface area contributed by atoms with Gasteiger partial charge in [0.1, 0.15) is 5.60 Å². The number of hydrogen-bond donors (Lipinski definition) is 0. The average molecular weight is 402 g/mol. The molecule has 0 N–H and O–H groups in total. The Hall–Kier alpha value is -1.08. The maximum Gasteiger partial charge on any atom is 0.410 e. The van der Waals surface area contributed by atoms with Crippen molar-refractivity contribution in [2.45, 2.75) is 104 Å². The summed E-state index contributed by atoms with van der Waals surface area (Å²) in [6.45, 7) is 19.3. The molecule has 1 rings (SSSR count). The molecule has 1 saturated heterocycles. The van der Waals surface area contributed by atoms with Gasteiger partial charge < -0.3 is 18.8 Å². The molecule has 0 spiro atoms. The van der Waals surface area contributed by atoms with Crippen LogP contribution in [0, 0.1) is 0 Å². The van der Waals surface area contributed by atoms with Crippen LogP contribution in [0.5, 0.6) is 0 Å². The Morgan fingerprint density at radius 1 is 1.11 bits per heavy atom. The van der Waals surface area contributed by atoms with E-state index in [2.05, 4.69) is 33.9 Å². The first kappa shape index (κ1) is 24.0. The average Bonchev–Trinajstić information content (AvgIpc) is 2.84. The number of hydrogen-bond acceptors (Lipinski definition) is 5. The molecule has 1 amide bonds. The molecule has 1 heterocycles. The molecule has 0 aliphatic carbocycles. The van der Waals surface area contributed by atoms with Crippen LogP contribution in [-0.2, 0) is 18.7 Å². The molecule has 0 unspecified atom stereocenters. The smallest absolute Gasteiger partial charge is 0.410 e. The Balaban J connectivity index is 2.85. The summed E-state index contributed by atoms with van der Waals surface area (Å²) in [6, 6.07) is -0.0703. The molecule has 0 bridgehead atoms. The lowest BCUT2D eigenvalue weighted by molar-refractivity contribution is -0.143. The number of carbonyl (C=O) groups is 2. The predicted molar refractivity (Wildman–Crippen MR) is 109 cm³/mol. The van der Waals surface area contributed by atoms with Gasteiger partial charge in [0.05, 0.1) is 12.7 Å². The molecule has 0 aromatic rings. The van der Waals surface area contributed by atoms with Gasteiger partial charge >= 0.3 is 12.1 Å². The van der Waals surface area contributed by atoms with E-state index in [0.29, 0.717) is 26.0 Å². The SMILES string of the molecule is CCOC(=O)CC[C@@H]1C[C@@H](O[Si](C)(C)C(C)(C)C)CN1C(=O)OC(C)(C)C. The fourth-order valence-corrected chi connectivity index (χ4v) is 4.25. The van der Waals surface area contributed by atoms with Crippen molar-refractivity contribution in [2.24, 2.45) is 0 Å². The molecule has 0 aromatic carbocycles. The second-order valence-corrected chi connectivity index (χ2v) is 14.6. The molecule has 1 aliphatic rings. The molecule has 27 heavy (non-hydrogen) atoms. The quantitative estimate of drug-likeness (QED) is 0.475. The highest BCUT2D eigenvalue weighted by Crippen LogP contribution is 2.39. The highest BCUT2D eigenvalue weighted by molar-refractivity contribution is 6.74. The van der Waals surface area contributed by atoms with E-state index < -0.39 is 13.9 Å². The fourth-order valence-electron chi connectivity index (χ4n) is 2.89. The van der Waals surface area contributed by atoms with Crippen LogP contribution < -0.4 is 0 Å². The summed E-state index contributed by atoms with van der Waals surface area (Å²) >= 11 is 0. The zero-order valence-electron chi connectivity index (χ0n) is 18.7. The van der Waals surface area contributed by atoms with Gasteiger partial charge in [0.2, 0.25) is 0 Å². The molecular weight excluding hydrogens is 362 g/mol. The van der Waals surface area contributed by atoms with Crippen LogP contribution in [0.25, 0.3) is 0 Å². The monoisotopic (exact) mass is 401 g/mol. The highest BCUT2D eigenvalue weighted by Gasteiger charge is 2.44. The van der Waals surface area contributed by atoms with E-state index in [1.54, 1.807) is 11.8 Å². The van der Waals surface area contributed by atoms with Gasteiger partial charge in [-0.2, -0.15) is 0 Å². The molecule has 0 radical (unpaired) electrons. The van der Waals surface area contributed by atoms with Gasteiger partial charge in [0.25, 0.3) is 0 Å². The molecule has 158 valence electrons. The Morgan fingerprint density at radius 3 is 2.19 bits per heavy atom. The van der Waals surface area contributed by atoms with E-state index in [9.17, 15) is 9.59 Å². The van der Waals surface area contributed by atoms with Crippen LogP contribution in [0.2, 0.25) is 18.1 Å². The van der Waals surface area contributed by atoms with Crippen molar-refractivity contribution in [1.29, 1.82) is 0 Å². The number of likely N-dealkylation sites (tertiary alicyclic amines) is 1. The van der Waals surface area contributed by atoms with Gasteiger partial charge in [0, 0.05) is 19.0 Å². The summed E-state index contributed by atoms with van der Waals surface area (Å²) in [4.78, 5) is 26.2. The topological polar surface area (TPSA) is 65.1 Å². The fraction of sp³-hybridized carbons (Fsp3) is 0.900. The summed E-state index contributed by atoms with van der Waals surface area (Å²) in [5, 5.41) is 0.104. The minimum atomic E-state index is -1.94. The third-order valence-electron chi connectivity index (χ3n) is 5.26. The Kier molecular flexibility index (Phi) is 7.94. The Bertz CT molecular complexity index is 521. The van der Waals surface area contributed by atoms with E-state index in [0.717, 1.165) is 6.42 Å². The number of amides is 1. The predicted octanol–water partition coefficient (Wildman–Crippen LogP) is 4.73. The minimum Gasteiger partial charge on any atom is -0.466 e. The zero-order valence-corrected chi connectivity index (χ0v) is 19.7. The standard InChI is InChI=1S/C20H39NO5Si/c1-10-24-17(22)12-11-15-13-16(26-27(8,9)20(5,6)7)14-21(15)18(23)25-19(2,3)4/h15-16H,10-14H2,1-9H3/t15-,16-/m1/s1. The van der Waals surface area contributed by atoms with Crippen LogP contribution in [-0.4, -0.2) is 56.2 Å². The first-order chi connectivity index (χ1) is 12.2. The number of ether oxygens (including phenoxy) is 2. The van der Waals surface area contributed by atoms with Crippen molar-refractivity contribution in [3.8, 4) is 0 Å². The molecule has 0 aromatic heterocycles. The van der Waals surface area contributed by atoms with Crippen molar-refractivity contribution < 1.29 is 23.5 Å². The van der Waals surface area contributed by atoms with Crippen molar-refractivity contribution in [3.05, 3.63) is 0 Å². The summed E-state index contributed by atoms with van der Waals surface area (Å²) in [5.41, 5.74) is -0.554. The number of esters is 1. The van der Waals surface area contributed by atoms with Crippen molar-refractivity contribution in [1.82, 2.24) is 4.90 Å². The van der Waals surface area contributed by atoms with Crippen LogP contribution in [0.15, 0.2) is 0 Å². The lowest BCUT2D eigenvalue weighted by Gasteiger charge is -2.38. The molecule has 7 heteroatoms. The third-order valence-corrected chi connectivity index (χ3v) is 9.79. The van der Waals surface area contributed by atoms with Gasteiger partial charge in [-0.1, -0.05) is 20.8 Å². The van der Waals surface area contributed by atoms with Gasteiger partial charge in [-0.3, -0.25) is 4.79 Å². The second kappa shape index (κ2) is 8.95. The third kappa shape index (κ3) is 7.45. The molecule has 1 fully saturated rings. The van der Waals surface area contributed by atoms with E-state index in [1.807, 2.05) is 20.8 Å². The van der Waals surface area contributed by atoms with Gasteiger partial charge in [-0.25, -0.2) is 4.79 Å². The van der Waals surface area contributed by atoms with E-state index in [1.165, 1.54) is 0 Å². The Morgan fingerprint density at radius 2 is 1.70 bits per heavy atom. The first-order valence-corrected chi connectivity index (χ1v) is 12.9. The first-order valence-electron chi connectivity index (χ1n) is 9.99. The molecule has 6 nitrogen and oxygen atoms in total. The van der Waals surface area contributed by atoms with E-state index >= 15 is 0 Å². The second-order valence-electron chi connectivity index (χ2n) is 9.87. The molecule has 1 aliphatic heterocycles. The van der Waals surface area contributed by atoms with Crippen LogP contribution in [0.4, 0.5) is 4.79 Å². The lowest BCUT2D eigenvalue weighted by Crippen LogP contribution is -2.45. The van der Waals surface area contributed by atoms with E-state index in [4.69, 9.17) is 13.9 Å². The largest absolute Gasteiger partial charge is 0.466 e. The highest BCUT2D eigenvalue weighted by atomic mass is 28.4. The van der Waals surface area contributed by atoms with Crippen molar-refractivity contribution in [3.63, 3.8) is 0 Å². The van der Waals surface area contributed by atoms with Crippen LogP contribution in [0.1, 0.15) is 67.7 Å². The zero-order chi connectivity index (χ0) is 21.0. The normalized spacial score (nSPS) is 21.3. The number of nitrogens with zero attached hydrogens (tertiary/aromatic N) is 1. The maximum atomic E-state index is 12.7. The minimum absolute atomic E-state index is 0.0226.